The second kappa shape index (κ2) is 8.79. The molecule has 1 aromatic heterocycles. The molecule has 148 valence electrons. The summed E-state index contributed by atoms with van der Waals surface area (Å²) in [4.78, 5) is 25.5. The molecule has 0 unspecified atom stereocenters. The van der Waals surface area contributed by atoms with E-state index in [9.17, 15) is 4.79 Å². The molecule has 29 heavy (non-hydrogen) atoms. The van der Waals surface area contributed by atoms with Crippen molar-refractivity contribution >= 4 is 17.5 Å². The van der Waals surface area contributed by atoms with E-state index in [-0.39, 0.29) is 11.9 Å². The number of carbonyl (C=O) groups is 1. The van der Waals surface area contributed by atoms with Crippen molar-refractivity contribution in [3.8, 4) is 11.4 Å². The smallest absolute Gasteiger partial charge is 0.236 e. The van der Waals surface area contributed by atoms with Gasteiger partial charge in [0.15, 0.2) is 5.82 Å². The van der Waals surface area contributed by atoms with Gasteiger partial charge in [0, 0.05) is 24.3 Å². The Bertz CT molecular complexity index is 1010. The Balaban J connectivity index is 1.65. The number of anilines is 2. The van der Waals surface area contributed by atoms with Gasteiger partial charge in [0.25, 0.3) is 0 Å². The molecule has 0 radical (unpaired) electrons. The van der Waals surface area contributed by atoms with Gasteiger partial charge in [-0.2, -0.15) is 4.98 Å². The molecule has 2 heterocycles. The van der Waals surface area contributed by atoms with Gasteiger partial charge in [-0.15, -0.1) is 0 Å². The SMILES string of the molecule is C[C@H]1NCc2cccc(c2)Nc2ncnc(n2)-c2cccc(c2)CCCNC1=O. The normalized spacial score (nSPS) is 17.4. The van der Waals surface area contributed by atoms with Gasteiger partial charge in [-0.1, -0.05) is 30.3 Å². The van der Waals surface area contributed by atoms with Gasteiger partial charge in [0.2, 0.25) is 11.9 Å². The van der Waals surface area contributed by atoms with Crippen LogP contribution in [0.5, 0.6) is 0 Å². The number of nitrogens with one attached hydrogen (secondary N) is 3. The molecule has 7 nitrogen and oxygen atoms in total. The van der Waals surface area contributed by atoms with E-state index in [0.29, 0.717) is 24.9 Å². The third-order valence-electron chi connectivity index (χ3n) is 4.89. The number of benzene rings is 2. The van der Waals surface area contributed by atoms with Crippen LogP contribution in [0.3, 0.4) is 0 Å². The van der Waals surface area contributed by atoms with Crippen molar-refractivity contribution < 1.29 is 4.79 Å². The lowest BCUT2D eigenvalue weighted by atomic mass is 10.1. The van der Waals surface area contributed by atoms with E-state index in [4.69, 9.17) is 0 Å². The predicted octanol–water partition coefficient (Wildman–Crippen LogP) is 2.82. The van der Waals surface area contributed by atoms with Crippen LogP contribution >= 0.6 is 0 Å². The quantitative estimate of drug-likeness (QED) is 0.549. The van der Waals surface area contributed by atoms with Gasteiger partial charge in [-0.25, -0.2) is 9.97 Å². The van der Waals surface area contributed by atoms with E-state index >= 15 is 0 Å². The van der Waals surface area contributed by atoms with Crippen LogP contribution < -0.4 is 16.0 Å². The Hall–Kier alpha value is -3.32. The van der Waals surface area contributed by atoms with Gasteiger partial charge in [-0.3, -0.25) is 4.79 Å². The van der Waals surface area contributed by atoms with Gasteiger partial charge in [0.05, 0.1) is 6.04 Å². The van der Waals surface area contributed by atoms with E-state index in [1.54, 1.807) is 0 Å². The molecule has 0 spiro atoms. The van der Waals surface area contributed by atoms with Gasteiger partial charge < -0.3 is 16.0 Å². The summed E-state index contributed by atoms with van der Waals surface area (Å²) in [5.41, 5.74) is 4.09. The Kier molecular flexibility index (Phi) is 5.76. The predicted molar refractivity (Wildman–Crippen MR) is 113 cm³/mol. The fraction of sp³-hybridized carbons (Fsp3) is 0.273. The summed E-state index contributed by atoms with van der Waals surface area (Å²) in [6, 6.07) is 15.9. The zero-order chi connectivity index (χ0) is 20.1. The number of hydrogen-bond acceptors (Lipinski definition) is 6. The van der Waals surface area contributed by atoms with Crippen LogP contribution in [0.4, 0.5) is 11.6 Å². The number of rotatable bonds is 0. The average molecular weight is 388 g/mol. The molecule has 0 saturated carbocycles. The summed E-state index contributed by atoms with van der Waals surface area (Å²) in [5, 5.41) is 9.53. The Labute approximate surface area is 170 Å². The van der Waals surface area contributed by atoms with Crippen molar-refractivity contribution in [2.45, 2.75) is 32.4 Å². The lowest BCUT2D eigenvalue weighted by Gasteiger charge is -2.15. The lowest BCUT2D eigenvalue weighted by molar-refractivity contribution is -0.122. The summed E-state index contributed by atoms with van der Waals surface area (Å²) in [5.74, 6) is 1.14. The first-order valence-corrected chi connectivity index (χ1v) is 9.83. The highest BCUT2D eigenvalue weighted by Gasteiger charge is 2.12. The Morgan fingerprint density at radius 2 is 1.90 bits per heavy atom. The summed E-state index contributed by atoms with van der Waals surface area (Å²) in [6.07, 6.45) is 3.27. The van der Waals surface area contributed by atoms with Crippen molar-refractivity contribution in [1.82, 2.24) is 25.6 Å². The van der Waals surface area contributed by atoms with E-state index in [1.807, 2.05) is 43.3 Å². The van der Waals surface area contributed by atoms with Crippen LogP contribution in [0.2, 0.25) is 0 Å². The third kappa shape index (κ3) is 4.94. The molecule has 6 bridgehead atoms. The number of aryl methyl sites for hydroxylation is 1. The molecule has 1 aliphatic rings. The number of carbonyl (C=O) groups excluding carboxylic acids is 1. The minimum atomic E-state index is -0.264. The van der Waals surface area contributed by atoms with Crippen molar-refractivity contribution in [3.63, 3.8) is 0 Å². The second-order valence-corrected chi connectivity index (χ2v) is 7.16. The highest BCUT2D eigenvalue weighted by atomic mass is 16.2. The molecule has 1 amide bonds. The maximum absolute atomic E-state index is 12.3. The van der Waals surface area contributed by atoms with Crippen molar-refractivity contribution in [1.29, 1.82) is 0 Å². The number of nitrogens with zero attached hydrogens (tertiary/aromatic N) is 3. The molecule has 1 atom stereocenters. The highest BCUT2D eigenvalue weighted by Crippen LogP contribution is 2.20. The Morgan fingerprint density at radius 3 is 2.83 bits per heavy atom. The monoisotopic (exact) mass is 388 g/mol. The first-order valence-electron chi connectivity index (χ1n) is 9.83. The van der Waals surface area contributed by atoms with Crippen molar-refractivity contribution in [2.24, 2.45) is 0 Å². The molecule has 0 saturated heterocycles. The van der Waals surface area contributed by atoms with Gasteiger partial charge >= 0.3 is 0 Å². The summed E-state index contributed by atoms with van der Waals surface area (Å²) in [6.45, 7) is 3.12. The van der Waals surface area contributed by atoms with E-state index < -0.39 is 0 Å². The molecule has 2 aromatic carbocycles. The number of fused-ring (bicyclic) bond motifs is 7. The molecule has 4 rings (SSSR count). The molecule has 1 aliphatic heterocycles. The van der Waals surface area contributed by atoms with E-state index in [2.05, 4.69) is 43.0 Å². The van der Waals surface area contributed by atoms with Crippen molar-refractivity contribution in [3.05, 3.63) is 66.0 Å². The maximum atomic E-state index is 12.3. The zero-order valence-corrected chi connectivity index (χ0v) is 16.4. The molecule has 7 heteroatoms. The summed E-state index contributed by atoms with van der Waals surface area (Å²) < 4.78 is 0. The Morgan fingerprint density at radius 1 is 1.03 bits per heavy atom. The second-order valence-electron chi connectivity index (χ2n) is 7.16. The molecule has 3 N–H and O–H groups in total. The van der Waals surface area contributed by atoms with Crippen molar-refractivity contribution in [2.75, 3.05) is 11.9 Å². The van der Waals surface area contributed by atoms with E-state index in [0.717, 1.165) is 29.7 Å². The standard InChI is InChI=1S/C22H24N6O/c1-15-21(29)23-10-4-7-16-5-2-8-18(11-16)20-25-14-26-22(28-20)27-19-9-3-6-17(12-19)13-24-15/h2-3,5-6,8-9,11-12,14-15,24H,4,7,10,13H2,1H3,(H,23,29)(H,25,26,27,28)/t15-/m1/s1. The van der Waals surface area contributed by atoms with Crippen LogP contribution in [-0.2, 0) is 17.8 Å². The zero-order valence-electron chi connectivity index (χ0n) is 16.4. The fourth-order valence-corrected chi connectivity index (χ4v) is 3.27. The maximum Gasteiger partial charge on any atom is 0.236 e. The molecular formula is C22H24N6O. The van der Waals surface area contributed by atoms with Gasteiger partial charge in [-0.05, 0) is 49.1 Å². The van der Waals surface area contributed by atoms with Crippen LogP contribution in [0.25, 0.3) is 11.4 Å². The minimum absolute atomic E-state index is 0.0155. The first-order chi connectivity index (χ1) is 14.2. The van der Waals surface area contributed by atoms with Gasteiger partial charge in [0.1, 0.15) is 6.33 Å². The van der Waals surface area contributed by atoms with Crippen LogP contribution in [-0.4, -0.2) is 33.4 Å². The van der Waals surface area contributed by atoms with E-state index in [1.165, 1.54) is 11.9 Å². The first kappa shape index (κ1) is 19.0. The lowest BCUT2D eigenvalue weighted by Crippen LogP contribution is -2.42. The van der Waals surface area contributed by atoms with Crippen LogP contribution in [0.1, 0.15) is 24.5 Å². The largest absolute Gasteiger partial charge is 0.355 e. The summed E-state index contributed by atoms with van der Waals surface area (Å²) >= 11 is 0. The number of aromatic nitrogens is 3. The third-order valence-corrected chi connectivity index (χ3v) is 4.89. The average Bonchev–Trinajstić information content (AvgIpc) is 2.75. The summed E-state index contributed by atoms with van der Waals surface area (Å²) in [7, 11) is 0. The number of amides is 1. The molecule has 0 fully saturated rings. The highest BCUT2D eigenvalue weighted by molar-refractivity contribution is 5.81. The number of hydrogen-bond donors (Lipinski definition) is 3. The topological polar surface area (TPSA) is 91.8 Å². The molecule has 0 aliphatic carbocycles. The minimum Gasteiger partial charge on any atom is -0.355 e. The van der Waals surface area contributed by atoms with Crippen LogP contribution in [0, 0.1) is 0 Å². The molecule has 3 aromatic rings. The fourth-order valence-electron chi connectivity index (χ4n) is 3.27. The molecular weight excluding hydrogens is 364 g/mol. The van der Waals surface area contributed by atoms with Crippen LogP contribution in [0.15, 0.2) is 54.9 Å².